The highest BCUT2D eigenvalue weighted by molar-refractivity contribution is 6.56. The Morgan fingerprint density at radius 2 is 1.88 bits per heavy atom. The number of carbonyl (C=O) groups is 1. The smallest absolute Gasteiger partial charge is 0.492 e. The molecule has 1 saturated heterocycles. The van der Waals surface area contributed by atoms with E-state index >= 15 is 0 Å². The SMILES string of the molecule is COc1cc(F)ccc1C=C(CNC(C)=O)B1OC(C)(C)C(C)(C)O1. The lowest BCUT2D eigenvalue weighted by molar-refractivity contribution is -0.118. The molecule has 1 aliphatic rings. The summed E-state index contributed by atoms with van der Waals surface area (Å²) >= 11 is 0. The van der Waals surface area contributed by atoms with E-state index in [0.717, 1.165) is 5.47 Å². The van der Waals surface area contributed by atoms with E-state index in [-0.39, 0.29) is 18.3 Å². The fourth-order valence-electron chi connectivity index (χ4n) is 2.43. The van der Waals surface area contributed by atoms with Gasteiger partial charge in [-0.05, 0) is 45.3 Å². The number of hydrogen-bond donors (Lipinski definition) is 1. The second-order valence-electron chi connectivity index (χ2n) is 7.10. The zero-order valence-corrected chi connectivity index (χ0v) is 15.6. The average molecular weight is 349 g/mol. The predicted octanol–water partition coefficient (Wildman–Crippen LogP) is 2.99. The van der Waals surface area contributed by atoms with Crippen LogP contribution in [0.3, 0.4) is 0 Å². The first kappa shape index (κ1) is 19.5. The van der Waals surface area contributed by atoms with Crippen LogP contribution in [-0.4, -0.2) is 37.9 Å². The van der Waals surface area contributed by atoms with Gasteiger partial charge in [-0.15, -0.1) is 0 Å². The number of hydrogen-bond acceptors (Lipinski definition) is 4. The van der Waals surface area contributed by atoms with Gasteiger partial charge in [0.25, 0.3) is 0 Å². The molecule has 1 fully saturated rings. The van der Waals surface area contributed by atoms with Gasteiger partial charge in [-0.2, -0.15) is 0 Å². The van der Waals surface area contributed by atoms with Gasteiger partial charge < -0.3 is 19.4 Å². The summed E-state index contributed by atoms with van der Waals surface area (Å²) in [5, 5.41) is 2.76. The van der Waals surface area contributed by atoms with Gasteiger partial charge >= 0.3 is 7.12 Å². The second-order valence-corrected chi connectivity index (χ2v) is 7.10. The fraction of sp³-hybridized carbons (Fsp3) is 0.500. The van der Waals surface area contributed by atoms with E-state index in [4.69, 9.17) is 14.0 Å². The lowest BCUT2D eigenvalue weighted by Gasteiger charge is -2.32. The number of benzene rings is 1. The third kappa shape index (κ3) is 4.41. The van der Waals surface area contributed by atoms with Crippen molar-refractivity contribution >= 4 is 19.1 Å². The van der Waals surface area contributed by atoms with Crippen molar-refractivity contribution in [1.29, 1.82) is 0 Å². The minimum absolute atomic E-state index is 0.159. The normalized spacial score (nSPS) is 19.0. The first-order valence-corrected chi connectivity index (χ1v) is 8.20. The van der Waals surface area contributed by atoms with E-state index in [9.17, 15) is 9.18 Å². The highest BCUT2D eigenvalue weighted by Crippen LogP contribution is 2.39. The Hall–Kier alpha value is -1.86. The quantitative estimate of drug-likeness (QED) is 0.831. The van der Waals surface area contributed by atoms with Gasteiger partial charge in [0, 0.05) is 25.1 Å². The van der Waals surface area contributed by atoms with Crippen LogP contribution in [0.15, 0.2) is 23.7 Å². The molecular formula is C18H25BFNO4. The van der Waals surface area contributed by atoms with Crippen molar-refractivity contribution in [1.82, 2.24) is 5.32 Å². The summed E-state index contributed by atoms with van der Waals surface area (Å²) in [5.41, 5.74) is 0.400. The molecule has 1 amide bonds. The molecule has 1 aliphatic heterocycles. The molecule has 1 N–H and O–H groups in total. The van der Waals surface area contributed by atoms with Crippen molar-refractivity contribution in [2.75, 3.05) is 13.7 Å². The Balaban J connectivity index is 2.38. The minimum Gasteiger partial charge on any atom is -0.496 e. The molecular weight excluding hydrogens is 324 g/mol. The maximum atomic E-state index is 13.4. The Morgan fingerprint density at radius 1 is 1.28 bits per heavy atom. The van der Waals surface area contributed by atoms with Crippen molar-refractivity contribution in [2.45, 2.75) is 45.8 Å². The van der Waals surface area contributed by atoms with Crippen molar-refractivity contribution in [2.24, 2.45) is 0 Å². The number of amides is 1. The van der Waals surface area contributed by atoms with Crippen LogP contribution in [0.25, 0.3) is 6.08 Å². The summed E-state index contributed by atoms with van der Waals surface area (Å²) in [6.07, 6.45) is 1.80. The van der Waals surface area contributed by atoms with Crippen molar-refractivity contribution in [3.63, 3.8) is 0 Å². The molecule has 0 aromatic heterocycles. The fourth-order valence-corrected chi connectivity index (χ4v) is 2.43. The topological polar surface area (TPSA) is 56.8 Å². The second kappa shape index (κ2) is 7.18. The molecule has 0 spiro atoms. The van der Waals surface area contributed by atoms with Crippen molar-refractivity contribution in [3.05, 3.63) is 35.1 Å². The standard InChI is InChI=1S/C18H25BFNO4/c1-12(22)21-11-14(19-24-17(2,3)18(4,5)25-19)9-13-7-8-15(20)10-16(13)23-6/h7-10H,11H2,1-6H3,(H,21,22). The average Bonchev–Trinajstić information content (AvgIpc) is 2.72. The molecule has 136 valence electrons. The molecule has 0 saturated carbocycles. The number of carbonyl (C=O) groups excluding carboxylic acids is 1. The highest BCUT2D eigenvalue weighted by atomic mass is 19.1. The summed E-state index contributed by atoms with van der Waals surface area (Å²) in [5.74, 6) is -0.140. The molecule has 1 heterocycles. The third-order valence-corrected chi connectivity index (χ3v) is 4.63. The number of methoxy groups -OCH3 is 1. The highest BCUT2D eigenvalue weighted by Gasteiger charge is 2.52. The number of ether oxygens (including phenoxy) is 1. The largest absolute Gasteiger partial charge is 0.496 e. The van der Waals surface area contributed by atoms with Crippen LogP contribution in [0.5, 0.6) is 5.75 Å². The van der Waals surface area contributed by atoms with Gasteiger partial charge in [0.15, 0.2) is 0 Å². The molecule has 0 atom stereocenters. The number of rotatable bonds is 5. The van der Waals surface area contributed by atoms with Crippen molar-refractivity contribution < 1.29 is 23.2 Å². The van der Waals surface area contributed by atoms with Crippen LogP contribution in [0.4, 0.5) is 4.39 Å². The molecule has 1 aromatic carbocycles. The Morgan fingerprint density at radius 3 is 2.40 bits per heavy atom. The molecule has 5 nitrogen and oxygen atoms in total. The Bertz CT molecular complexity index is 672. The molecule has 0 radical (unpaired) electrons. The maximum absolute atomic E-state index is 13.4. The summed E-state index contributed by atoms with van der Waals surface area (Å²) in [4.78, 5) is 11.3. The monoisotopic (exact) mass is 349 g/mol. The zero-order chi connectivity index (χ0) is 18.8. The van der Waals surface area contributed by atoms with Crippen LogP contribution in [0.1, 0.15) is 40.2 Å². The van der Waals surface area contributed by atoms with E-state index < -0.39 is 18.3 Å². The number of halogens is 1. The first-order chi connectivity index (χ1) is 11.6. The van der Waals surface area contributed by atoms with E-state index in [1.807, 2.05) is 27.7 Å². The number of nitrogens with one attached hydrogen (secondary N) is 1. The van der Waals surface area contributed by atoms with E-state index in [2.05, 4.69) is 5.32 Å². The van der Waals surface area contributed by atoms with Crippen LogP contribution in [0.2, 0.25) is 0 Å². The van der Waals surface area contributed by atoms with Gasteiger partial charge in [0.1, 0.15) is 11.6 Å². The summed E-state index contributed by atoms with van der Waals surface area (Å²) in [7, 11) is 0.862. The van der Waals surface area contributed by atoms with Gasteiger partial charge in [0.2, 0.25) is 5.91 Å². The van der Waals surface area contributed by atoms with E-state index in [0.29, 0.717) is 11.3 Å². The maximum Gasteiger partial charge on any atom is 0.492 e. The van der Waals surface area contributed by atoms with E-state index in [1.54, 1.807) is 12.1 Å². The molecule has 0 bridgehead atoms. The van der Waals surface area contributed by atoms with Gasteiger partial charge in [-0.3, -0.25) is 4.79 Å². The van der Waals surface area contributed by atoms with Crippen LogP contribution in [-0.2, 0) is 14.1 Å². The minimum atomic E-state index is -0.619. The lowest BCUT2D eigenvalue weighted by atomic mass is 9.77. The van der Waals surface area contributed by atoms with Gasteiger partial charge in [0.05, 0.1) is 18.3 Å². The Kier molecular flexibility index (Phi) is 5.59. The lowest BCUT2D eigenvalue weighted by Crippen LogP contribution is -2.41. The van der Waals surface area contributed by atoms with Crippen LogP contribution >= 0.6 is 0 Å². The summed E-state index contributed by atoms with van der Waals surface area (Å²) in [6, 6.07) is 4.29. The zero-order valence-electron chi connectivity index (χ0n) is 15.6. The summed E-state index contributed by atoms with van der Waals surface area (Å²) in [6.45, 7) is 9.54. The van der Waals surface area contributed by atoms with Gasteiger partial charge in [-0.25, -0.2) is 4.39 Å². The van der Waals surface area contributed by atoms with Crippen LogP contribution < -0.4 is 10.1 Å². The third-order valence-electron chi connectivity index (χ3n) is 4.63. The van der Waals surface area contributed by atoms with Crippen molar-refractivity contribution in [3.8, 4) is 5.75 Å². The molecule has 0 unspecified atom stereocenters. The Labute approximate surface area is 148 Å². The molecule has 7 heteroatoms. The van der Waals surface area contributed by atoms with Crippen LogP contribution in [0, 0.1) is 5.82 Å². The first-order valence-electron chi connectivity index (χ1n) is 8.20. The predicted molar refractivity (Wildman–Crippen MR) is 95.7 cm³/mol. The summed E-state index contributed by atoms with van der Waals surface area (Å²) < 4.78 is 30.8. The molecule has 2 rings (SSSR count). The van der Waals surface area contributed by atoms with Gasteiger partial charge in [-0.1, -0.05) is 6.08 Å². The molecule has 0 aliphatic carbocycles. The van der Waals surface area contributed by atoms with E-state index in [1.165, 1.54) is 26.2 Å². The molecule has 1 aromatic rings. The molecule has 25 heavy (non-hydrogen) atoms.